The lowest BCUT2D eigenvalue weighted by atomic mass is 10.0. The van der Waals surface area contributed by atoms with Crippen LogP contribution in [0, 0.1) is 0 Å². The highest BCUT2D eigenvalue weighted by Crippen LogP contribution is 2.25. The third-order valence-corrected chi connectivity index (χ3v) is 7.92. The molecule has 0 saturated heterocycles. The smallest absolute Gasteiger partial charge is 0.244 e. The Morgan fingerprint density at radius 2 is 1.65 bits per heavy atom. The van der Waals surface area contributed by atoms with Crippen molar-refractivity contribution in [2.24, 2.45) is 0 Å². The molecular weight excluding hydrogens is 601 g/mol. The minimum absolute atomic E-state index is 0.0301. The van der Waals surface area contributed by atoms with Gasteiger partial charge in [0.2, 0.25) is 21.8 Å². The largest absolute Gasteiger partial charge is 0.357 e. The molecule has 0 aromatic heterocycles. The van der Waals surface area contributed by atoms with Crippen molar-refractivity contribution in [3.05, 3.63) is 98.4 Å². The van der Waals surface area contributed by atoms with Gasteiger partial charge in [-0.25, -0.2) is 8.42 Å². The van der Waals surface area contributed by atoms with Crippen LogP contribution >= 0.6 is 39.1 Å². The topological polar surface area (TPSA) is 86.8 Å². The molecule has 0 aliphatic carbocycles. The fourth-order valence-electron chi connectivity index (χ4n) is 3.78. The zero-order valence-corrected chi connectivity index (χ0v) is 24.1. The van der Waals surface area contributed by atoms with Crippen LogP contribution in [0.25, 0.3) is 0 Å². The molecule has 3 aromatic carbocycles. The summed E-state index contributed by atoms with van der Waals surface area (Å²) >= 11 is 15.8. The normalized spacial score (nSPS) is 12.0. The summed E-state index contributed by atoms with van der Waals surface area (Å²) in [6.45, 7) is -0.536. The van der Waals surface area contributed by atoms with Crippen LogP contribution in [-0.2, 0) is 32.6 Å². The van der Waals surface area contributed by atoms with Gasteiger partial charge in [0, 0.05) is 34.5 Å². The van der Waals surface area contributed by atoms with Gasteiger partial charge in [-0.1, -0.05) is 75.5 Å². The predicted octanol–water partition coefficient (Wildman–Crippen LogP) is 4.91. The molecule has 0 fully saturated rings. The highest BCUT2D eigenvalue weighted by atomic mass is 79.9. The van der Waals surface area contributed by atoms with Crippen molar-refractivity contribution in [1.29, 1.82) is 0 Å². The van der Waals surface area contributed by atoms with E-state index in [0.29, 0.717) is 21.3 Å². The first-order valence-corrected chi connectivity index (χ1v) is 14.6. The number of halogens is 3. The molecule has 3 rings (SSSR count). The van der Waals surface area contributed by atoms with Crippen LogP contribution in [0.15, 0.2) is 77.3 Å². The van der Waals surface area contributed by atoms with E-state index in [-0.39, 0.29) is 13.0 Å². The second-order valence-corrected chi connectivity index (χ2v) is 12.0. The summed E-state index contributed by atoms with van der Waals surface area (Å²) in [5.74, 6) is -0.958. The Balaban J connectivity index is 2.04. The van der Waals surface area contributed by atoms with Gasteiger partial charge in [-0.3, -0.25) is 13.9 Å². The van der Waals surface area contributed by atoms with Gasteiger partial charge in [0.1, 0.15) is 12.6 Å². The number of hydrogen-bond donors (Lipinski definition) is 1. The number of sulfonamides is 1. The van der Waals surface area contributed by atoms with Crippen molar-refractivity contribution in [2.45, 2.75) is 19.0 Å². The number of carbonyl (C=O) groups excluding carboxylic acids is 2. The third-order valence-electron chi connectivity index (χ3n) is 5.67. The average Bonchev–Trinajstić information content (AvgIpc) is 2.86. The molecular formula is C26H26BrCl2N3O4S. The van der Waals surface area contributed by atoms with Gasteiger partial charge in [0.15, 0.2) is 0 Å². The molecule has 1 atom stereocenters. The van der Waals surface area contributed by atoms with Crippen LogP contribution in [0.5, 0.6) is 0 Å². The molecule has 37 heavy (non-hydrogen) atoms. The number of likely N-dealkylation sites (N-methyl/N-ethyl adjacent to an activating group) is 1. The first-order chi connectivity index (χ1) is 17.5. The van der Waals surface area contributed by atoms with Crippen molar-refractivity contribution in [3.63, 3.8) is 0 Å². The van der Waals surface area contributed by atoms with E-state index >= 15 is 0 Å². The van der Waals surface area contributed by atoms with Crippen LogP contribution in [0.2, 0.25) is 10.0 Å². The van der Waals surface area contributed by atoms with Gasteiger partial charge in [-0.05, 0) is 47.5 Å². The summed E-state index contributed by atoms with van der Waals surface area (Å²) in [5, 5.41) is 3.38. The fourth-order valence-corrected chi connectivity index (χ4v) is 5.36. The molecule has 0 heterocycles. The lowest BCUT2D eigenvalue weighted by Gasteiger charge is -2.33. The number of nitrogens with one attached hydrogen (secondary N) is 1. The Morgan fingerprint density at radius 3 is 2.22 bits per heavy atom. The van der Waals surface area contributed by atoms with Gasteiger partial charge >= 0.3 is 0 Å². The van der Waals surface area contributed by atoms with E-state index in [9.17, 15) is 18.0 Å². The van der Waals surface area contributed by atoms with E-state index in [2.05, 4.69) is 21.2 Å². The monoisotopic (exact) mass is 625 g/mol. The minimum atomic E-state index is -3.83. The standard InChI is InChI=1S/C26H26BrCl2N3O4S/c1-30-26(34)24(14-18-6-4-3-5-7-18)31(16-19-8-11-21(28)15-23(19)29)25(33)17-32(37(2,35)36)22-12-9-20(27)10-13-22/h3-13,15,24H,14,16-17H2,1-2H3,(H,30,34). The zero-order chi connectivity index (χ0) is 27.2. The Kier molecular flexibility index (Phi) is 10.0. The van der Waals surface area contributed by atoms with E-state index in [1.165, 1.54) is 11.9 Å². The van der Waals surface area contributed by atoms with E-state index in [1.54, 1.807) is 42.5 Å². The molecule has 1 N–H and O–H groups in total. The van der Waals surface area contributed by atoms with Crippen molar-refractivity contribution in [3.8, 4) is 0 Å². The molecule has 3 aromatic rings. The molecule has 196 valence electrons. The summed E-state index contributed by atoms with van der Waals surface area (Å²) in [6, 6.07) is 19.8. The van der Waals surface area contributed by atoms with Crippen LogP contribution in [-0.4, -0.2) is 51.0 Å². The number of nitrogens with zero attached hydrogens (tertiary/aromatic N) is 2. The number of carbonyl (C=O) groups is 2. The van der Waals surface area contributed by atoms with E-state index < -0.39 is 34.4 Å². The number of benzene rings is 3. The number of amides is 2. The van der Waals surface area contributed by atoms with Crippen LogP contribution in [0.1, 0.15) is 11.1 Å². The Bertz CT molecular complexity index is 1360. The number of anilines is 1. The SMILES string of the molecule is CNC(=O)C(Cc1ccccc1)N(Cc1ccc(Cl)cc1Cl)C(=O)CN(c1ccc(Br)cc1)S(C)(=O)=O. The Morgan fingerprint density at radius 1 is 1.00 bits per heavy atom. The van der Waals surface area contributed by atoms with Gasteiger partial charge in [-0.15, -0.1) is 0 Å². The summed E-state index contributed by atoms with van der Waals surface area (Å²) in [4.78, 5) is 28.3. The fraction of sp³-hybridized carbons (Fsp3) is 0.231. The molecule has 0 bridgehead atoms. The van der Waals surface area contributed by atoms with Gasteiger partial charge in [0.25, 0.3) is 0 Å². The van der Waals surface area contributed by atoms with Crippen LogP contribution in [0.3, 0.4) is 0 Å². The van der Waals surface area contributed by atoms with Gasteiger partial charge < -0.3 is 10.2 Å². The third kappa shape index (κ3) is 7.95. The van der Waals surface area contributed by atoms with Crippen molar-refractivity contribution in [1.82, 2.24) is 10.2 Å². The van der Waals surface area contributed by atoms with Crippen LogP contribution in [0.4, 0.5) is 5.69 Å². The first kappa shape index (κ1) is 29.0. The maximum Gasteiger partial charge on any atom is 0.244 e. The molecule has 7 nitrogen and oxygen atoms in total. The maximum atomic E-state index is 13.8. The lowest BCUT2D eigenvalue weighted by molar-refractivity contribution is -0.139. The van der Waals surface area contributed by atoms with Gasteiger partial charge in [0.05, 0.1) is 11.9 Å². The lowest BCUT2D eigenvalue weighted by Crippen LogP contribution is -2.52. The molecule has 0 aliphatic rings. The molecule has 2 amide bonds. The number of rotatable bonds is 10. The summed E-state index contributed by atoms with van der Waals surface area (Å²) in [7, 11) is -2.34. The highest BCUT2D eigenvalue weighted by molar-refractivity contribution is 9.10. The minimum Gasteiger partial charge on any atom is -0.357 e. The summed E-state index contributed by atoms with van der Waals surface area (Å²) in [6.07, 6.45) is 1.25. The average molecular weight is 627 g/mol. The van der Waals surface area contributed by atoms with Crippen molar-refractivity contribution in [2.75, 3.05) is 24.2 Å². The second-order valence-electron chi connectivity index (χ2n) is 8.32. The molecule has 1 unspecified atom stereocenters. The first-order valence-electron chi connectivity index (χ1n) is 11.2. The van der Waals surface area contributed by atoms with Crippen LogP contribution < -0.4 is 9.62 Å². The molecule has 11 heteroatoms. The highest BCUT2D eigenvalue weighted by Gasteiger charge is 2.33. The predicted molar refractivity (Wildman–Crippen MR) is 151 cm³/mol. The van der Waals surface area contributed by atoms with E-state index in [0.717, 1.165) is 20.6 Å². The molecule has 0 spiro atoms. The van der Waals surface area contributed by atoms with Crippen molar-refractivity contribution < 1.29 is 18.0 Å². The summed E-state index contributed by atoms with van der Waals surface area (Å²) < 4.78 is 27.2. The maximum absolute atomic E-state index is 13.8. The van der Waals surface area contributed by atoms with E-state index in [1.807, 2.05) is 30.3 Å². The Hall–Kier alpha value is -2.59. The van der Waals surface area contributed by atoms with Gasteiger partial charge in [-0.2, -0.15) is 0 Å². The van der Waals surface area contributed by atoms with E-state index in [4.69, 9.17) is 23.2 Å². The molecule has 0 aliphatic heterocycles. The second kappa shape index (κ2) is 12.8. The molecule has 0 saturated carbocycles. The molecule has 0 radical (unpaired) electrons. The number of hydrogen-bond acceptors (Lipinski definition) is 4. The zero-order valence-electron chi connectivity index (χ0n) is 20.2. The summed E-state index contributed by atoms with van der Waals surface area (Å²) in [5.41, 5.74) is 1.72. The quantitative estimate of drug-likeness (QED) is 0.347. The van der Waals surface area contributed by atoms with Crippen molar-refractivity contribution >= 4 is 66.7 Å². The Labute approximate surface area is 235 Å².